The van der Waals surface area contributed by atoms with Crippen molar-refractivity contribution in [2.24, 2.45) is 11.7 Å². The smallest absolute Gasteiger partial charge is 0.0574 e. The molecular formula is C13H25NO. The lowest BCUT2D eigenvalue weighted by Crippen LogP contribution is -2.50. The summed E-state index contributed by atoms with van der Waals surface area (Å²) in [5.41, 5.74) is 6.74. The Labute approximate surface area is 93.6 Å². The second-order valence-electron chi connectivity index (χ2n) is 5.52. The predicted octanol–water partition coefficient (Wildman–Crippen LogP) is 2.85. The van der Waals surface area contributed by atoms with Crippen LogP contribution in [0.3, 0.4) is 0 Å². The SMILES string of the molecule is COC1CCCC(C2(N)CCCCC2)C1. The molecule has 2 nitrogen and oxygen atoms in total. The lowest BCUT2D eigenvalue weighted by atomic mass is 9.67. The van der Waals surface area contributed by atoms with Gasteiger partial charge in [-0.15, -0.1) is 0 Å². The third-order valence-electron chi connectivity index (χ3n) is 4.56. The second-order valence-corrected chi connectivity index (χ2v) is 5.52. The third-order valence-corrected chi connectivity index (χ3v) is 4.56. The lowest BCUT2D eigenvalue weighted by Gasteiger charge is -2.44. The Balaban J connectivity index is 1.95. The molecule has 0 saturated heterocycles. The normalized spacial score (nSPS) is 36.4. The van der Waals surface area contributed by atoms with Gasteiger partial charge in [0.2, 0.25) is 0 Å². The van der Waals surface area contributed by atoms with Crippen LogP contribution in [-0.2, 0) is 4.74 Å². The average Bonchev–Trinajstić information content (AvgIpc) is 2.30. The molecule has 0 bridgehead atoms. The first-order valence-corrected chi connectivity index (χ1v) is 6.56. The molecule has 2 saturated carbocycles. The van der Waals surface area contributed by atoms with E-state index in [1.807, 2.05) is 7.11 Å². The van der Waals surface area contributed by atoms with Gasteiger partial charge in [-0.1, -0.05) is 25.7 Å². The highest BCUT2D eigenvalue weighted by Crippen LogP contribution is 2.40. The van der Waals surface area contributed by atoms with Crippen molar-refractivity contribution in [3.8, 4) is 0 Å². The fourth-order valence-corrected chi connectivity index (χ4v) is 3.50. The van der Waals surface area contributed by atoms with E-state index in [-0.39, 0.29) is 5.54 Å². The van der Waals surface area contributed by atoms with Gasteiger partial charge in [0, 0.05) is 12.6 Å². The fraction of sp³-hybridized carbons (Fsp3) is 1.00. The summed E-state index contributed by atoms with van der Waals surface area (Å²) in [6.45, 7) is 0. The van der Waals surface area contributed by atoms with Gasteiger partial charge in [0.15, 0.2) is 0 Å². The number of hydrogen-bond donors (Lipinski definition) is 1. The molecule has 2 rings (SSSR count). The van der Waals surface area contributed by atoms with Gasteiger partial charge in [0.1, 0.15) is 0 Å². The minimum atomic E-state index is 0.148. The number of methoxy groups -OCH3 is 1. The van der Waals surface area contributed by atoms with Crippen LogP contribution in [0.4, 0.5) is 0 Å². The molecule has 2 fully saturated rings. The summed E-state index contributed by atoms with van der Waals surface area (Å²) in [4.78, 5) is 0. The van der Waals surface area contributed by atoms with Crippen LogP contribution < -0.4 is 5.73 Å². The van der Waals surface area contributed by atoms with Crippen LogP contribution in [-0.4, -0.2) is 18.8 Å². The molecule has 0 radical (unpaired) electrons. The molecule has 0 aliphatic heterocycles. The summed E-state index contributed by atoms with van der Waals surface area (Å²) in [6, 6.07) is 0. The zero-order valence-electron chi connectivity index (χ0n) is 10.0. The first-order chi connectivity index (χ1) is 7.24. The Bertz CT molecular complexity index is 199. The molecule has 0 amide bonds. The van der Waals surface area contributed by atoms with Crippen LogP contribution in [0.5, 0.6) is 0 Å². The number of ether oxygens (including phenoxy) is 1. The lowest BCUT2D eigenvalue weighted by molar-refractivity contribution is 0.0231. The number of rotatable bonds is 2. The van der Waals surface area contributed by atoms with Gasteiger partial charge in [-0.2, -0.15) is 0 Å². The maximum Gasteiger partial charge on any atom is 0.0574 e. The van der Waals surface area contributed by atoms with Crippen molar-refractivity contribution in [1.29, 1.82) is 0 Å². The van der Waals surface area contributed by atoms with E-state index >= 15 is 0 Å². The molecule has 2 atom stereocenters. The van der Waals surface area contributed by atoms with Crippen molar-refractivity contribution >= 4 is 0 Å². The van der Waals surface area contributed by atoms with Gasteiger partial charge >= 0.3 is 0 Å². The van der Waals surface area contributed by atoms with Crippen molar-refractivity contribution in [3.05, 3.63) is 0 Å². The fourth-order valence-electron chi connectivity index (χ4n) is 3.50. The van der Waals surface area contributed by atoms with Gasteiger partial charge in [0.25, 0.3) is 0 Å². The zero-order valence-corrected chi connectivity index (χ0v) is 10.0. The van der Waals surface area contributed by atoms with E-state index < -0.39 is 0 Å². The maximum absolute atomic E-state index is 6.60. The second kappa shape index (κ2) is 4.84. The summed E-state index contributed by atoms with van der Waals surface area (Å²) in [7, 11) is 1.84. The van der Waals surface area contributed by atoms with E-state index in [4.69, 9.17) is 10.5 Å². The van der Waals surface area contributed by atoms with E-state index in [9.17, 15) is 0 Å². The molecule has 0 aromatic heterocycles. The van der Waals surface area contributed by atoms with E-state index in [2.05, 4.69) is 0 Å². The minimum absolute atomic E-state index is 0.148. The molecule has 2 heteroatoms. The van der Waals surface area contributed by atoms with E-state index in [0.29, 0.717) is 6.10 Å². The summed E-state index contributed by atoms with van der Waals surface area (Å²) in [6.07, 6.45) is 12.1. The van der Waals surface area contributed by atoms with Crippen LogP contribution in [0.1, 0.15) is 57.8 Å². The van der Waals surface area contributed by atoms with Crippen molar-refractivity contribution in [1.82, 2.24) is 0 Å². The first kappa shape index (κ1) is 11.4. The van der Waals surface area contributed by atoms with Crippen LogP contribution in [0, 0.1) is 5.92 Å². The van der Waals surface area contributed by atoms with Gasteiger partial charge in [0.05, 0.1) is 6.10 Å². The van der Waals surface area contributed by atoms with E-state index in [1.54, 1.807) is 0 Å². The highest BCUT2D eigenvalue weighted by atomic mass is 16.5. The highest BCUT2D eigenvalue weighted by Gasteiger charge is 2.38. The Morgan fingerprint density at radius 3 is 2.47 bits per heavy atom. The van der Waals surface area contributed by atoms with Crippen LogP contribution >= 0.6 is 0 Å². The first-order valence-electron chi connectivity index (χ1n) is 6.56. The quantitative estimate of drug-likeness (QED) is 0.762. The summed E-state index contributed by atoms with van der Waals surface area (Å²) in [5.74, 6) is 0.719. The third kappa shape index (κ3) is 2.54. The Morgan fingerprint density at radius 2 is 1.80 bits per heavy atom. The average molecular weight is 211 g/mol. The number of nitrogens with two attached hydrogens (primary N) is 1. The molecule has 15 heavy (non-hydrogen) atoms. The highest BCUT2D eigenvalue weighted by molar-refractivity contribution is 4.96. The molecule has 88 valence electrons. The molecule has 2 unspecified atom stereocenters. The van der Waals surface area contributed by atoms with E-state index in [0.717, 1.165) is 5.92 Å². The standard InChI is InChI=1S/C13H25NO/c1-15-12-7-5-6-11(10-12)13(14)8-3-2-4-9-13/h11-12H,2-10,14H2,1H3. The summed E-state index contributed by atoms with van der Waals surface area (Å²) >= 11 is 0. The van der Waals surface area contributed by atoms with Crippen LogP contribution in [0.2, 0.25) is 0 Å². The maximum atomic E-state index is 6.60. The zero-order chi connectivity index (χ0) is 10.7. The summed E-state index contributed by atoms with van der Waals surface area (Å²) in [5, 5.41) is 0. The largest absolute Gasteiger partial charge is 0.381 e. The molecule has 0 aromatic carbocycles. The van der Waals surface area contributed by atoms with Crippen molar-refractivity contribution in [2.45, 2.75) is 69.4 Å². The topological polar surface area (TPSA) is 35.2 Å². The van der Waals surface area contributed by atoms with Crippen molar-refractivity contribution in [3.63, 3.8) is 0 Å². The molecule has 2 aliphatic carbocycles. The van der Waals surface area contributed by atoms with Gasteiger partial charge in [-0.25, -0.2) is 0 Å². The van der Waals surface area contributed by atoms with Crippen LogP contribution in [0.25, 0.3) is 0 Å². The predicted molar refractivity (Wildman–Crippen MR) is 62.8 cm³/mol. The monoisotopic (exact) mass is 211 g/mol. The number of hydrogen-bond acceptors (Lipinski definition) is 2. The Morgan fingerprint density at radius 1 is 1.07 bits per heavy atom. The summed E-state index contributed by atoms with van der Waals surface area (Å²) < 4.78 is 5.50. The van der Waals surface area contributed by atoms with Crippen molar-refractivity contribution in [2.75, 3.05) is 7.11 Å². The minimum Gasteiger partial charge on any atom is -0.381 e. The van der Waals surface area contributed by atoms with E-state index in [1.165, 1.54) is 57.8 Å². The van der Waals surface area contributed by atoms with Crippen LogP contribution in [0.15, 0.2) is 0 Å². The van der Waals surface area contributed by atoms with Gasteiger partial charge in [-0.05, 0) is 38.0 Å². The van der Waals surface area contributed by atoms with Gasteiger partial charge < -0.3 is 10.5 Å². The van der Waals surface area contributed by atoms with Gasteiger partial charge in [-0.3, -0.25) is 0 Å². The molecular weight excluding hydrogens is 186 g/mol. The molecule has 0 aromatic rings. The molecule has 0 spiro atoms. The molecule has 0 heterocycles. The van der Waals surface area contributed by atoms with Crippen molar-refractivity contribution < 1.29 is 4.74 Å². The molecule has 2 aliphatic rings. The Kier molecular flexibility index (Phi) is 3.68. The Hall–Kier alpha value is -0.0800. The molecule has 2 N–H and O–H groups in total.